The summed E-state index contributed by atoms with van der Waals surface area (Å²) in [5.41, 5.74) is 9.98. The molecule has 45 heavy (non-hydrogen) atoms. The van der Waals surface area contributed by atoms with Gasteiger partial charge in [-0.2, -0.15) is 0 Å². The first-order chi connectivity index (χ1) is 22.3. The zero-order valence-electron chi connectivity index (χ0n) is 23.9. The zero-order valence-corrected chi connectivity index (χ0v) is 24.8. The van der Waals surface area contributed by atoms with Crippen molar-refractivity contribution in [3.63, 3.8) is 0 Å². The fraction of sp³-hybridized carbons (Fsp3) is 0. The van der Waals surface area contributed by atoms with E-state index in [0.717, 1.165) is 33.2 Å². The van der Waals surface area contributed by atoms with Crippen molar-refractivity contribution in [1.29, 1.82) is 0 Å². The number of hydrogen-bond acceptors (Lipinski definition) is 4. The van der Waals surface area contributed by atoms with E-state index in [1.165, 1.54) is 58.7 Å². The first-order valence-electron chi connectivity index (χ1n) is 15.0. The second kappa shape index (κ2) is 9.36. The molecule has 5 aromatic heterocycles. The quantitative estimate of drug-likeness (QED) is 0.205. The zero-order chi connectivity index (χ0) is 29.5. The van der Waals surface area contributed by atoms with Crippen molar-refractivity contribution in [2.24, 2.45) is 0 Å². The number of thiophene rings is 1. The summed E-state index contributed by atoms with van der Waals surface area (Å²) in [5, 5.41) is 7.06. The van der Waals surface area contributed by atoms with Crippen LogP contribution in [0.25, 0.3) is 91.9 Å². The number of benzene rings is 5. The van der Waals surface area contributed by atoms with Crippen molar-refractivity contribution in [3.05, 3.63) is 140 Å². The summed E-state index contributed by atoms with van der Waals surface area (Å²) in [6.07, 6.45) is 7.50. The van der Waals surface area contributed by atoms with Gasteiger partial charge in [0.1, 0.15) is 11.2 Å². The SMILES string of the molecule is c1cc(-c2ccc3oc4ccncc4c3c2)cc(-c2ccc3c(c2)c2ccccc2n3-c2ccc3sc4ccncc4c3c2)c1. The number of pyridine rings is 2. The Bertz CT molecular complexity index is 2780. The summed E-state index contributed by atoms with van der Waals surface area (Å²) >= 11 is 1.82. The lowest BCUT2D eigenvalue weighted by molar-refractivity contribution is 0.668. The second-order valence-electron chi connectivity index (χ2n) is 11.5. The molecule has 10 aromatic rings. The molecule has 0 unspecified atom stereocenters. The van der Waals surface area contributed by atoms with Gasteiger partial charge in [0.15, 0.2) is 0 Å². The maximum absolute atomic E-state index is 6.04. The van der Waals surface area contributed by atoms with Crippen LogP contribution in [0.15, 0.2) is 144 Å². The summed E-state index contributed by atoms with van der Waals surface area (Å²) in [6, 6.07) is 41.6. The molecule has 0 aliphatic heterocycles. The van der Waals surface area contributed by atoms with Crippen molar-refractivity contribution in [3.8, 4) is 27.9 Å². The third-order valence-electron chi connectivity index (χ3n) is 8.99. The van der Waals surface area contributed by atoms with E-state index < -0.39 is 0 Å². The predicted molar refractivity (Wildman–Crippen MR) is 187 cm³/mol. The Hall–Kier alpha value is -5.78. The minimum atomic E-state index is 0.860. The van der Waals surface area contributed by atoms with E-state index in [1.54, 1.807) is 6.20 Å². The molecule has 0 spiro atoms. The van der Waals surface area contributed by atoms with Crippen molar-refractivity contribution < 1.29 is 4.42 Å². The average molecular weight is 594 g/mol. The fourth-order valence-electron chi connectivity index (χ4n) is 6.86. The normalized spacial score (nSPS) is 12.0. The van der Waals surface area contributed by atoms with E-state index in [0.29, 0.717) is 0 Å². The molecule has 5 heteroatoms. The Balaban J connectivity index is 1.12. The van der Waals surface area contributed by atoms with Crippen molar-refractivity contribution >= 4 is 75.3 Å². The highest BCUT2D eigenvalue weighted by Crippen LogP contribution is 2.39. The molecule has 5 heterocycles. The van der Waals surface area contributed by atoms with Crippen molar-refractivity contribution in [1.82, 2.24) is 14.5 Å². The predicted octanol–water partition coefficient (Wildman–Crippen LogP) is 11.2. The maximum Gasteiger partial charge on any atom is 0.138 e. The number of nitrogens with zero attached hydrogens (tertiary/aromatic N) is 3. The highest BCUT2D eigenvalue weighted by atomic mass is 32.1. The van der Waals surface area contributed by atoms with E-state index >= 15 is 0 Å². The molecule has 5 aromatic carbocycles. The number of aromatic nitrogens is 3. The molecular formula is C40H23N3OS. The molecule has 0 aliphatic rings. The lowest BCUT2D eigenvalue weighted by Gasteiger charge is -2.10. The highest BCUT2D eigenvalue weighted by Gasteiger charge is 2.15. The summed E-state index contributed by atoms with van der Waals surface area (Å²) in [4.78, 5) is 8.73. The molecular weight excluding hydrogens is 571 g/mol. The van der Waals surface area contributed by atoms with Crippen molar-refractivity contribution in [2.45, 2.75) is 0 Å². The minimum absolute atomic E-state index is 0.860. The van der Waals surface area contributed by atoms with E-state index in [9.17, 15) is 0 Å². The molecule has 0 aliphatic carbocycles. The standard InChI is InChI=1S/C40H23N3OS/c1-2-7-35-29(6-1)30-19-26(8-11-36(30)43(35)28-10-13-39-32(21-28)34-23-42-17-15-40(34)45-39)24-4-3-5-25(18-24)27-9-12-37-31(20-27)33-22-41-16-14-38(33)44-37/h1-23H. The van der Waals surface area contributed by atoms with Crippen LogP contribution in [0.5, 0.6) is 0 Å². The molecule has 0 bridgehead atoms. The topological polar surface area (TPSA) is 43.9 Å². The fourth-order valence-corrected chi connectivity index (χ4v) is 7.91. The lowest BCUT2D eigenvalue weighted by Crippen LogP contribution is -1.93. The second-order valence-corrected chi connectivity index (χ2v) is 12.6. The van der Waals surface area contributed by atoms with Gasteiger partial charge in [0.05, 0.1) is 11.0 Å². The van der Waals surface area contributed by atoms with Gasteiger partial charge in [-0.3, -0.25) is 9.97 Å². The molecule has 0 saturated carbocycles. The number of hydrogen-bond donors (Lipinski definition) is 0. The van der Waals surface area contributed by atoms with Crippen LogP contribution in [0.1, 0.15) is 0 Å². The molecule has 210 valence electrons. The summed E-state index contributed by atoms with van der Waals surface area (Å²) in [5.74, 6) is 0. The van der Waals surface area contributed by atoms with Gasteiger partial charge >= 0.3 is 0 Å². The third kappa shape index (κ3) is 3.71. The molecule has 10 rings (SSSR count). The lowest BCUT2D eigenvalue weighted by atomic mass is 9.97. The average Bonchev–Trinajstić information content (AvgIpc) is 3.77. The minimum Gasteiger partial charge on any atom is -0.456 e. The molecule has 4 nitrogen and oxygen atoms in total. The Kier molecular flexibility index (Phi) is 5.12. The summed E-state index contributed by atoms with van der Waals surface area (Å²) in [7, 11) is 0. The molecule has 0 fully saturated rings. The first kappa shape index (κ1) is 24.6. The van der Waals surface area contributed by atoms with Crippen LogP contribution in [0.4, 0.5) is 0 Å². The molecule has 0 saturated heterocycles. The number of para-hydroxylation sites is 1. The molecule has 0 radical (unpaired) electrons. The van der Waals surface area contributed by atoms with Gasteiger partial charge in [-0.15, -0.1) is 11.3 Å². The number of rotatable bonds is 3. The first-order valence-corrected chi connectivity index (χ1v) is 15.8. The molecule has 0 N–H and O–H groups in total. The number of fused-ring (bicyclic) bond motifs is 9. The molecule has 0 atom stereocenters. The third-order valence-corrected chi connectivity index (χ3v) is 10.1. The van der Waals surface area contributed by atoms with Gasteiger partial charge in [0.25, 0.3) is 0 Å². The van der Waals surface area contributed by atoms with Crippen LogP contribution >= 0.6 is 11.3 Å². The van der Waals surface area contributed by atoms with Gasteiger partial charge in [0, 0.05) is 72.2 Å². The van der Waals surface area contributed by atoms with Crippen molar-refractivity contribution in [2.75, 3.05) is 0 Å². The highest BCUT2D eigenvalue weighted by molar-refractivity contribution is 7.25. The molecule has 0 amide bonds. The van der Waals surface area contributed by atoms with Crippen LogP contribution in [0.3, 0.4) is 0 Å². The van der Waals surface area contributed by atoms with E-state index in [1.807, 2.05) is 36.0 Å². The van der Waals surface area contributed by atoms with E-state index in [2.05, 4.69) is 124 Å². The van der Waals surface area contributed by atoms with E-state index in [4.69, 9.17) is 4.42 Å². The monoisotopic (exact) mass is 593 g/mol. The smallest absolute Gasteiger partial charge is 0.138 e. The van der Waals surface area contributed by atoms with Gasteiger partial charge in [-0.25, -0.2) is 0 Å². The Morgan fingerprint density at radius 1 is 0.467 bits per heavy atom. The Labute approximate surface area is 261 Å². The number of furan rings is 1. The Morgan fingerprint density at radius 3 is 2.09 bits per heavy atom. The van der Waals surface area contributed by atoms with Crippen LogP contribution in [-0.2, 0) is 0 Å². The van der Waals surface area contributed by atoms with Gasteiger partial charge < -0.3 is 8.98 Å². The summed E-state index contributed by atoms with van der Waals surface area (Å²) in [6.45, 7) is 0. The van der Waals surface area contributed by atoms with Crippen LogP contribution < -0.4 is 0 Å². The van der Waals surface area contributed by atoms with Gasteiger partial charge in [0.2, 0.25) is 0 Å². The van der Waals surface area contributed by atoms with Crippen LogP contribution in [0.2, 0.25) is 0 Å². The van der Waals surface area contributed by atoms with Gasteiger partial charge in [-0.1, -0.05) is 48.5 Å². The maximum atomic E-state index is 6.04. The van der Waals surface area contributed by atoms with Gasteiger partial charge in [-0.05, 0) is 89.0 Å². The largest absolute Gasteiger partial charge is 0.456 e. The Morgan fingerprint density at radius 2 is 1.18 bits per heavy atom. The van der Waals surface area contributed by atoms with E-state index in [-0.39, 0.29) is 0 Å². The summed E-state index contributed by atoms with van der Waals surface area (Å²) < 4.78 is 11.0. The van der Waals surface area contributed by atoms with Crippen LogP contribution in [-0.4, -0.2) is 14.5 Å². The van der Waals surface area contributed by atoms with Crippen LogP contribution in [0, 0.1) is 0 Å².